The summed E-state index contributed by atoms with van der Waals surface area (Å²) in [5.41, 5.74) is 0.261. The predicted octanol–water partition coefficient (Wildman–Crippen LogP) is 2.03. The van der Waals surface area contributed by atoms with Crippen LogP contribution < -0.4 is 0 Å². The average Bonchev–Trinajstić information content (AvgIpc) is 3.47. The molecule has 0 unspecified atom stereocenters. The van der Waals surface area contributed by atoms with Gasteiger partial charge in [0.25, 0.3) is 0 Å². The minimum Gasteiger partial charge on any atom is -0.458 e. The molecular formula is C21H23BrO6. The number of hydrogen-bond donors (Lipinski definition) is 0. The zero-order valence-corrected chi connectivity index (χ0v) is 17.8. The minimum absolute atomic E-state index is 0.0390. The van der Waals surface area contributed by atoms with E-state index in [1.54, 1.807) is 0 Å². The van der Waals surface area contributed by atoms with E-state index >= 15 is 0 Å². The number of hydrogen-bond acceptors (Lipinski definition) is 6. The molecule has 2 saturated carbocycles. The number of ether oxygens (including phenoxy) is 5. The largest absolute Gasteiger partial charge is 0.458 e. The van der Waals surface area contributed by atoms with Crippen LogP contribution in [0.5, 0.6) is 0 Å². The highest BCUT2D eigenvalue weighted by atomic mass is 79.9. The normalized spacial score (nSPS) is 66.3. The molecule has 0 aromatic heterocycles. The molecule has 5 heterocycles. The lowest BCUT2D eigenvalue weighted by Gasteiger charge is -2.58. The van der Waals surface area contributed by atoms with E-state index in [2.05, 4.69) is 36.7 Å². The monoisotopic (exact) mass is 450 g/mol. The molecule has 0 N–H and O–H groups in total. The fraction of sp³-hybridized carbons (Fsp3) is 0.857. The van der Waals surface area contributed by atoms with Gasteiger partial charge in [-0.15, -0.1) is 0 Å². The molecule has 8 rings (SSSR count). The number of rotatable bonds is 1. The molecule has 0 radical (unpaired) electrons. The number of cyclic esters (lactones) is 1. The molecule has 5 aliphatic heterocycles. The smallest absolute Gasteiger partial charge is 0.334 e. The highest BCUT2D eigenvalue weighted by Gasteiger charge is 3.08. The first-order valence-electron chi connectivity index (χ1n) is 10.5. The Morgan fingerprint density at radius 1 is 1.14 bits per heavy atom. The lowest BCUT2D eigenvalue weighted by Crippen LogP contribution is -2.74. The summed E-state index contributed by atoms with van der Waals surface area (Å²) >= 11 is 4.15. The highest BCUT2D eigenvalue weighted by Crippen LogP contribution is 2.89. The summed E-state index contributed by atoms with van der Waals surface area (Å²) in [6.45, 7) is 7.86. The number of esters is 1. The fourth-order valence-corrected chi connectivity index (χ4v) is 9.65. The molecular weight excluding hydrogens is 428 g/mol. The molecule has 6 nitrogen and oxygen atoms in total. The first-order valence-corrected chi connectivity index (χ1v) is 11.3. The fourth-order valence-electron chi connectivity index (χ4n) is 8.50. The van der Waals surface area contributed by atoms with E-state index in [0.29, 0.717) is 19.1 Å². The summed E-state index contributed by atoms with van der Waals surface area (Å²) in [4.78, 5) is 12.3. The van der Waals surface area contributed by atoms with Crippen LogP contribution in [0.25, 0.3) is 0 Å². The maximum Gasteiger partial charge on any atom is 0.334 e. The molecule has 3 aliphatic carbocycles. The number of carbonyl (C=O) groups is 1. The van der Waals surface area contributed by atoms with Crippen LogP contribution in [-0.2, 0) is 28.5 Å². The van der Waals surface area contributed by atoms with Crippen LogP contribution in [-0.4, -0.2) is 64.2 Å². The van der Waals surface area contributed by atoms with E-state index < -0.39 is 11.2 Å². The van der Waals surface area contributed by atoms with Crippen LogP contribution in [0.3, 0.4) is 0 Å². The molecule has 0 amide bonds. The lowest BCUT2D eigenvalue weighted by molar-refractivity contribution is -0.136. The van der Waals surface area contributed by atoms with Crippen molar-refractivity contribution in [3.05, 3.63) is 11.1 Å². The third-order valence-corrected chi connectivity index (χ3v) is 11.6. The van der Waals surface area contributed by atoms with E-state index in [-0.39, 0.29) is 45.2 Å². The second kappa shape index (κ2) is 3.91. The van der Waals surface area contributed by atoms with E-state index in [0.717, 1.165) is 30.4 Å². The SMILES string of the molecule is CC(C)[C@]12O[C@H]1[C@@H]1O[C@@]13[C@@]1(C)CCC4=C(COC4=O)[C@]1(Br)C[C@@H]1O[C@@]13[C@]21CO1. The highest BCUT2D eigenvalue weighted by molar-refractivity contribution is 9.10. The third kappa shape index (κ3) is 1.13. The Hall–Kier alpha value is -0.470. The molecule has 6 fully saturated rings. The Bertz CT molecular complexity index is 941. The Kier molecular flexibility index (Phi) is 2.27. The van der Waals surface area contributed by atoms with Crippen LogP contribution >= 0.6 is 15.9 Å². The van der Waals surface area contributed by atoms with Crippen LogP contribution in [0, 0.1) is 11.3 Å². The van der Waals surface area contributed by atoms with Gasteiger partial charge in [0, 0.05) is 11.0 Å². The van der Waals surface area contributed by atoms with Crippen LogP contribution in [0.1, 0.15) is 40.0 Å². The molecule has 28 heavy (non-hydrogen) atoms. The van der Waals surface area contributed by atoms with Gasteiger partial charge in [-0.25, -0.2) is 4.79 Å². The lowest BCUT2D eigenvalue weighted by atomic mass is 9.45. The van der Waals surface area contributed by atoms with Crippen molar-refractivity contribution in [3.63, 3.8) is 0 Å². The quantitative estimate of drug-likeness (QED) is 0.345. The first-order chi connectivity index (χ1) is 13.3. The maximum atomic E-state index is 12.3. The zero-order chi connectivity index (χ0) is 19.1. The van der Waals surface area contributed by atoms with E-state index in [9.17, 15) is 4.79 Å². The summed E-state index contributed by atoms with van der Waals surface area (Å²) in [6, 6.07) is 0. The van der Waals surface area contributed by atoms with Gasteiger partial charge in [0.15, 0.2) is 11.2 Å². The number of alkyl halides is 1. The van der Waals surface area contributed by atoms with Crippen LogP contribution in [0.15, 0.2) is 11.1 Å². The van der Waals surface area contributed by atoms with Crippen molar-refractivity contribution < 1.29 is 28.5 Å². The van der Waals surface area contributed by atoms with E-state index in [1.807, 2.05) is 0 Å². The molecule has 0 aromatic rings. The number of carbonyl (C=O) groups excluding carboxylic acids is 1. The zero-order valence-electron chi connectivity index (χ0n) is 16.2. The summed E-state index contributed by atoms with van der Waals surface area (Å²) in [6.07, 6.45) is 2.60. The van der Waals surface area contributed by atoms with Crippen molar-refractivity contribution in [2.45, 2.75) is 85.1 Å². The minimum atomic E-state index is -0.424. The molecule has 0 bridgehead atoms. The van der Waals surface area contributed by atoms with Crippen molar-refractivity contribution in [3.8, 4) is 0 Å². The second-order valence-electron chi connectivity index (χ2n) is 10.6. The topological polar surface area (TPSA) is 76.4 Å². The van der Waals surface area contributed by atoms with Crippen molar-refractivity contribution >= 4 is 21.9 Å². The van der Waals surface area contributed by atoms with E-state index in [4.69, 9.17) is 23.7 Å². The van der Waals surface area contributed by atoms with Gasteiger partial charge >= 0.3 is 5.97 Å². The van der Waals surface area contributed by atoms with Crippen molar-refractivity contribution in [1.29, 1.82) is 0 Å². The van der Waals surface area contributed by atoms with Gasteiger partial charge in [0.2, 0.25) is 0 Å². The third-order valence-electron chi connectivity index (χ3n) is 9.89. The molecule has 7 heteroatoms. The van der Waals surface area contributed by atoms with Gasteiger partial charge in [-0.2, -0.15) is 0 Å². The first kappa shape index (κ1) is 16.3. The van der Waals surface area contributed by atoms with Gasteiger partial charge in [0.05, 0.1) is 17.0 Å². The predicted molar refractivity (Wildman–Crippen MR) is 97.9 cm³/mol. The van der Waals surface area contributed by atoms with E-state index in [1.165, 1.54) is 0 Å². The summed E-state index contributed by atoms with van der Waals surface area (Å²) < 4.78 is 31.2. The summed E-state index contributed by atoms with van der Waals surface area (Å²) in [7, 11) is 0. The Balaban J connectivity index is 1.35. The van der Waals surface area contributed by atoms with Crippen LogP contribution in [0.4, 0.5) is 0 Å². The van der Waals surface area contributed by atoms with Crippen molar-refractivity contribution in [2.24, 2.45) is 11.3 Å². The van der Waals surface area contributed by atoms with Gasteiger partial charge in [-0.1, -0.05) is 36.7 Å². The molecule has 8 aliphatic rings. The Morgan fingerprint density at radius 2 is 1.93 bits per heavy atom. The number of fused-ring (bicyclic) bond motifs is 5. The molecule has 9 atom stereocenters. The Labute approximate surface area is 171 Å². The second-order valence-corrected chi connectivity index (χ2v) is 11.9. The van der Waals surface area contributed by atoms with Crippen molar-refractivity contribution in [2.75, 3.05) is 13.2 Å². The standard InChI is InChI=1S/C21H23BrO6/c1-9(2)19-13(27-19)14-21(28-14)16(3)5-4-10-11(7-24-15(10)23)17(16,22)6-12-20(21,26-12)18(19)8-25-18/h9,12-14H,4-8H2,1-3H3/t12-,13-,14-,16-,17+,18-,19-,20+,21+/m0/s1. The van der Waals surface area contributed by atoms with Gasteiger partial charge < -0.3 is 23.7 Å². The van der Waals surface area contributed by atoms with Crippen LogP contribution in [0.2, 0.25) is 0 Å². The van der Waals surface area contributed by atoms with Gasteiger partial charge in [0.1, 0.15) is 30.0 Å². The van der Waals surface area contributed by atoms with Crippen molar-refractivity contribution in [1.82, 2.24) is 0 Å². The Morgan fingerprint density at radius 3 is 2.64 bits per heavy atom. The molecule has 4 saturated heterocycles. The molecule has 0 aromatic carbocycles. The summed E-state index contributed by atoms with van der Waals surface area (Å²) in [5.74, 6) is 0.205. The van der Waals surface area contributed by atoms with Gasteiger partial charge in [-0.3, -0.25) is 0 Å². The van der Waals surface area contributed by atoms with Gasteiger partial charge in [-0.05, 0) is 30.8 Å². The average molecular weight is 451 g/mol. The number of halogens is 1. The summed E-state index contributed by atoms with van der Waals surface area (Å²) in [5, 5.41) is 0. The number of epoxide rings is 4. The molecule has 3 spiro atoms. The maximum absolute atomic E-state index is 12.3. The molecule has 150 valence electrons.